The molecule has 0 saturated heterocycles. The maximum absolute atomic E-state index is 11.6. The molecule has 0 aromatic carbocycles. The Morgan fingerprint density at radius 1 is 1.29 bits per heavy atom. The molecule has 0 bridgehead atoms. The van der Waals surface area contributed by atoms with Crippen LogP contribution >= 0.6 is 0 Å². The van der Waals surface area contributed by atoms with E-state index in [2.05, 4.69) is 10.0 Å². The molecule has 7 heteroatoms. The molecule has 0 spiro atoms. The van der Waals surface area contributed by atoms with E-state index < -0.39 is 16.1 Å². The van der Waals surface area contributed by atoms with Crippen molar-refractivity contribution in [2.75, 3.05) is 19.3 Å². The van der Waals surface area contributed by atoms with E-state index in [9.17, 15) is 13.2 Å². The molecule has 102 valence electrons. The van der Waals surface area contributed by atoms with Gasteiger partial charge >= 0.3 is 0 Å². The van der Waals surface area contributed by atoms with Crippen LogP contribution in [0.5, 0.6) is 0 Å². The number of nitrogens with two attached hydrogens (primary N) is 1. The van der Waals surface area contributed by atoms with Crippen molar-refractivity contribution in [3.05, 3.63) is 0 Å². The topological polar surface area (TPSA) is 101 Å². The number of amides is 1. The van der Waals surface area contributed by atoms with E-state index in [4.69, 9.17) is 5.73 Å². The van der Waals surface area contributed by atoms with Crippen LogP contribution in [0.1, 0.15) is 27.2 Å². The van der Waals surface area contributed by atoms with Gasteiger partial charge in [-0.15, -0.1) is 0 Å². The first-order valence-electron chi connectivity index (χ1n) is 5.52. The number of sulfonamides is 1. The Bertz CT molecular complexity index is 346. The first-order chi connectivity index (χ1) is 7.54. The molecule has 0 heterocycles. The van der Waals surface area contributed by atoms with Gasteiger partial charge in [0, 0.05) is 13.1 Å². The SMILES string of the molecule is CC(C)(C)C(N)C(=O)NCCCNS(C)(=O)=O. The maximum Gasteiger partial charge on any atom is 0.237 e. The molecule has 17 heavy (non-hydrogen) atoms. The second kappa shape index (κ2) is 6.32. The van der Waals surface area contributed by atoms with Crippen LogP contribution in [0.2, 0.25) is 0 Å². The van der Waals surface area contributed by atoms with E-state index in [1.165, 1.54) is 0 Å². The first-order valence-corrected chi connectivity index (χ1v) is 7.41. The second-order valence-corrected chi connectivity index (χ2v) is 6.99. The fraction of sp³-hybridized carbons (Fsp3) is 0.900. The average Bonchev–Trinajstić information content (AvgIpc) is 2.12. The van der Waals surface area contributed by atoms with Crippen LogP contribution in [0.15, 0.2) is 0 Å². The van der Waals surface area contributed by atoms with Crippen LogP contribution in [-0.4, -0.2) is 39.7 Å². The summed E-state index contributed by atoms with van der Waals surface area (Å²) in [5, 5.41) is 2.68. The van der Waals surface area contributed by atoms with Gasteiger partial charge in [-0.2, -0.15) is 0 Å². The molecule has 0 rings (SSSR count). The predicted molar refractivity (Wildman–Crippen MR) is 67.9 cm³/mol. The fourth-order valence-electron chi connectivity index (χ4n) is 1.06. The molecule has 0 aliphatic heterocycles. The van der Waals surface area contributed by atoms with Gasteiger partial charge in [0.1, 0.15) is 0 Å². The van der Waals surface area contributed by atoms with Crippen LogP contribution in [0, 0.1) is 5.41 Å². The van der Waals surface area contributed by atoms with Gasteiger partial charge in [-0.05, 0) is 11.8 Å². The number of nitrogens with one attached hydrogen (secondary N) is 2. The highest BCUT2D eigenvalue weighted by Crippen LogP contribution is 2.16. The molecule has 1 unspecified atom stereocenters. The third kappa shape index (κ3) is 8.12. The lowest BCUT2D eigenvalue weighted by Gasteiger charge is -2.25. The van der Waals surface area contributed by atoms with E-state index in [-0.39, 0.29) is 11.3 Å². The number of rotatable bonds is 6. The van der Waals surface area contributed by atoms with Crippen molar-refractivity contribution in [2.45, 2.75) is 33.2 Å². The highest BCUT2D eigenvalue weighted by atomic mass is 32.2. The van der Waals surface area contributed by atoms with Gasteiger partial charge in [0.25, 0.3) is 0 Å². The zero-order chi connectivity index (χ0) is 13.7. The van der Waals surface area contributed by atoms with Crippen LogP contribution < -0.4 is 15.8 Å². The number of carbonyl (C=O) groups is 1. The molecule has 0 saturated carbocycles. The fourth-order valence-corrected chi connectivity index (χ4v) is 1.58. The maximum atomic E-state index is 11.6. The van der Waals surface area contributed by atoms with E-state index in [0.29, 0.717) is 19.5 Å². The van der Waals surface area contributed by atoms with Gasteiger partial charge in [0.2, 0.25) is 15.9 Å². The number of hydrogen-bond donors (Lipinski definition) is 3. The molecule has 0 fully saturated rings. The molecule has 0 radical (unpaired) electrons. The molecule has 1 amide bonds. The summed E-state index contributed by atoms with van der Waals surface area (Å²) in [5.74, 6) is -0.211. The highest BCUT2D eigenvalue weighted by molar-refractivity contribution is 7.88. The molecular weight excluding hydrogens is 242 g/mol. The van der Waals surface area contributed by atoms with Gasteiger partial charge in [-0.25, -0.2) is 13.1 Å². The van der Waals surface area contributed by atoms with Crippen molar-refractivity contribution in [3.63, 3.8) is 0 Å². The van der Waals surface area contributed by atoms with Crippen LogP contribution in [0.4, 0.5) is 0 Å². The van der Waals surface area contributed by atoms with Crippen molar-refractivity contribution in [1.82, 2.24) is 10.0 Å². The molecule has 1 atom stereocenters. The second-order valence-electron chi connectivity index (χ2n) is 5.15. The third-order valence-corrected chi connectivity index (χ3v) is 2.96. The zero-order valence-electron chi connectivity index (χ0n) is 10.9. The van der Waals surface area contributed by atoms with E-state index in [1.807, 2.05) is 20.8 Å². The normalized spacial score (nSPS) is 14.4. The van der Waals surface area contributed by atoms with E-state index in [0.717, 1.165) is 6.26 Å². The minimum Gasteiger partial charge on any atom is -0.355 e. The standard InChI is InChI=1S/C10H23N3O3S/c1-10(2,3)8(11)9(14)12-6-5-7-13-17(4,15)16/h8,13H,5-7,11H2,1-4H3,(H,12,14). The van der Waals surface area contributed by atoms with Crippen molar-refractivity contribution < 1.29 is 13.2 Å². The largest absolute Gasteiger partial charge is 0.355 e. The average molecular weight is 265 g/mol. The van der Waals surface area contributed by atoms with Gasteiger partial charge in [0.15, 0.2) is 0 Å². The molecule has 0 aliphatic rings. The summed E-state index contributed by atoms with van der Waals surface area (Å²) in [6.45, 7) is 6.39. The Morgan fingerprint density at radius 3 is 2.24 bits per heavy atom. The lowest BCUT2D eigenvalue weighted by Crippen LogP contribution is -2.49. The summed E-state index contributed by atoms with van der Waals surface area (Å²) in [4.78, 5) is 11.6. The summed E-state index contributed by atoms with van der Waals surface area (Å²) in [7, 11) is -3.15. The summed E-state index contributed by atoms with van der Waals surface area (Å²) in [6.07, 6.45) is 1.64. The molecule has 6 nitrogen and oxygen atoms in total. The minimum atomic E-state index is -3.15. The Balaban J connectivity index is 3.80. The molecular formula is C10H23N3O3S. The Hall–Kier alpha value is -0.660. The van der Waals surface area contributed by atoms with Crippen LogP contribution in [0.25, 0.3) is 0 Å². The van der Waals surface area contributed by atoms with Gasteiger partial charge < -0.3 is 11.1 Å². The lowest BCUT2D eigenvalue weighted by molar-refractivity contribution is -0.124. The van der Waals surface area contributed by atoms with Crippen molar-refractivity contribution in [3.8, 4) is 0 Å². The zero-order valence-corrected chi connectivity index (χ0v) is 11.7. The molecule has 0 aromatic rings. The monoisotopic (exact) mass is 265 g/mol. The first kappa shape index (κ1) is 16.3. The Kier molecular flexibility index (Phi) is 6.08. The summed E-state index contributed by atoms with van der Waals surface area (Å²) in [5.41, 5.74) is 5.47. The quantitative estimate of drug-likeness (QED) is 0.559. The van der Waals surface area contributed by atoms with Crippen molar-refractivity contribution in [1.29, 1.82) is 0 Å². The van der Waals surface area contributed by atoms with Gasteiger partial charge in [-0.1, -0.05) is 20.8 Å². The van der Waals surface area contributed by atoms with Gasteiger partial charge in [0.05, 0.1) is 12.3 Å². The van der Waals surface area contributed by atoms with Crippen molar-refractivity contribution in [2.24, 2.45) is 11.1 Å². The highest BCUT2D eigenvalue weighted by Gasteiger charge is 2.26. The molecule has 4 N–H and O–H groups in total. The lowest BCUT2D eigenvalue weighted by atomic mass is 9.87. The van der Waals surface area contributed by atoms with E-state index in [1.54, 1.807) is 0 Å². The van der Waals surface area contributed by atoms with Crippen molar-refractivity contribution >= 4 is 15.9 Å². The summed E-state index contributed by atoms with van der Waals surface area (Å²) >= 11 is 0. The third-order valence-electron chi connectivity index (χ3n) is 2.23. The van der Waals surface area contributed by atoms with Gasteiger partial charge in [-0.3, -0.25) is 4.79 Å². The molecule has 0 aromatic heterocycles. The number of hydrogen-bond acceptors (Lipinski definition) is 4. The number of carbonyl (C=O) groups excluding carboxylic acids is 1. The Morgan fingerprint density at radius 2 is 1.82 bits per heavy atom. The van der Waals surface area contributed by atoms with Crippen LogP contribution in [0.3, 0.4) is 0 Å². The minimum absolute atomic E-state index is 0.211. The van der Waals surface area contributed by atoms with Crippen LogP contribution in [-0.2, 0) is 14.8 Å². The Labute approximate surface area is 103 Å². The predicted octanol–water partition coefficient (Wildman–Crippen LogP) is -0.585. The van der Waals surface area contributed by atoms with E-state index >= 15 is 0 Å². The summed E-state index contributed by atoms with van der Waals surface area (Å²) < 4.78 is 23.8. The summed E-state index contributed by atoms with van der Waals surface area (Å²) in [6, 6.07) is -0.564. The smallest absolute Gasteiger partial charge is 0.237 e. The molecule has 0 aliphatic carbocycles.